The molecule has 0 spiro atoms. The number of nitrogens with zero attached hydrogens (tertiary/aromatic N) is 5. The summed E-state index contributed by atoms with van der Waals surface area (Å²) in [4.78, 5) is 25.1. The highest BCUT2D eigenvalue weighted by Crippen LogP contribution is 2.41. The minimum Gasteiger partial charge on any atom is -0.456 e. The van der Waals surface area contributed by atoms with Crippen LogP contribution in [-0.2, 0) is 0 Å². The van der Waals surface area contributed by atoms with Gasteiger partial charge in [-0.05, 0) is 35.4 Å². The Morgan fingerprint density at radius 3 is 1.62 bits per heavy atom. The van der Waals surface area contributed by atoms with E-state index in [1.165, 1.54) is 4.70 Å². The molecule has 7 aromatic carbocycles. The summed E-state index contributed by atoms with van der Waals surface area (Å²) < 4.78 is 8.84. The van der Waals surface area contributed by atoms with E-state index in [-0.39, 0.29) is 0 Å². The fraction of sp³-hybridized carbons (Fsp3) is 0. The minimum absolute atomic E-state index is 0.585. The second-order valence-electron chi connectivity index (χ2n) is 13.6. The summed E-state index contributed by atoms with van der Waals surface area (Å²) in [6, 6.07) is 59.8. The molecule has 56 heavy (non-hydrogen) atoms. The van der Waals surface area contributed by atoms with Crippen LogP contribution in [0.4, 0.5) is 0 Å². The summed E-state index contributed by atoms with van der Waals surface area (Å²) in [5, 5.41) is 3.23. The van der Waals surface area contributed by atoms with Gasteiger partial charge in [-0.25, -0.2) is 24.9 Å². The number of benzene rings is 7. The van der Waals surface area contributed by atoms with Crippen LogP contribution >= 0.6 is 11.3 Å². The molecule has 0 amide bonds. The second-order valence-corrected chi connectivity index (χ2v) is 14.7. The van der Waals surface area contributed by atoms with Crippen molar-refractivity contribution in [3.8, 4) is 67.9 Å². The first-order valence-corrected chi connectivity index (χ1v) is 19.2. The van der Waals surface area contributed by atoms with E-state index in [0.29, 0.717) is 23.3 Å². The molecule has 11 rings (SSSR count). The Hall–Kier alpha value is -7.35. The first-order chi connectivity index (χ1) is 27.7. The zero-order valence-corrected chi connectivity index (χ0v) is 30.6. The zero-order valence-electron chi connectivity index (χ0n) is 29.8. The summed E-state index contributed by atoms with van der Waals surface area (Å²) >= 11 is 1.74. The monoisotopic (exact) mass is 735 g/mol. The summed E-state index contributed by atoms with van der Waals surface area (Å²) in [5.41, 5.74) is 10.4. The Balaban J connectivity index is 0.994. The first-order valence-electron chi connectivity index (χ1n) is 18.4. The van der Waals surface area contributed by atoms with Crippen molar-refractivity contribution >= 4 is 53.6 Å². The van der Waals surface area contributed by atoms with Gasteiger partial charge in [0, 0.05) is 48.7 Å². The molecule has 0 aliphatic carbocycles. The molecule has 0 fully saturated rings. The lowest BCUT2D eigenvalue weighted by Gasteiger charge is -2.09. The number of hydrogen-bond acceptors (Lipinski definition) is 7. The third kappa shape index (κ3) is 5.52. The van der Waals surface area contributed by atoms with Crippen LogP contribution in [0, 0.1) is 0 Å². The number of thiophene rings is 1. The highest BCUT2D eigenvalue weighted by molar-refractivity contribution is 7.26. The van der Waals surface area contributed by atoms with Crippen molar-refractivity contribution in [3.05, 3.63) is 176 Å². The molecule has 11 aromatic rings. The van der Waals surface area contributed by atoms with Crippen molar-refractivity contribution in [2.24, 2.45) is 0 Å². The van der Waals surface area contributed by atoms with Gasteiger partial charge in [0.1, 0.15) is 11.2 Å². The van der Waals surface area contributed by atoms with Crippen LogP contribution < -0.4 is 0 Å². The standard InChI is InChI=1S/C49H29N5OS/c1-4-13-31(14-5-1)43-45-44(38-19-10-11-22-41(38)56-45)51-46(50-43)34-25-23-30(24-26-34)36-20-12-21-39-42(36)37-28-27-35(29-40(37)55-39)49-53-47(32-15-6-2-7-16-32)52-48(54-49)33-17-8-3-9-18-33/h1-29H. The van der Waals surface area contributed by atoms with E-state index in [9.17, 15) is 0 Å². The fourth-order valence-corrected chi connectivity index (χ4v) is 8.61. The molecule has 4 heterocycles. The molecule has 0 unspecified atom stereocenters. The third-order valence-electron chi connectivity index (χ3n) is 10.2. The lowest BCUT2D eigenvalue weighted by atomic mass is 9.98. The second kappa shape index (κ2) is 13.2. The van der Waals surface area contributed by atoms with Crippen LogP contribution in [-0.4, -0.2) is 24.9 Å². The SMILES string of the molecule is c1ccc(-c2nc(-c3ccccc3)nc(-c3ccc4c(c3)oc3cccc(-c5ccc(-c6nc(-c7ccccc7)c7sc8ccccc8c7n6)cc5)c34)n2)cc1. The number of fused-ring (bicyclic) bond motifs is 6. The van der Waals surface area contributed by atoms with Crippen LogP contribution in [0.15, 0.2) is 180 Å². The molecule has 0 saturated carbocycles. The highest BCUT2D eigenvalue weighted by atomic mass is 32.1. The van der Waals surface area contributed by atoms with Gasteiger partial charge < -0.3 is 4.42 Å². The lowest BCUT2D eigenvalue weighted by molar-refractivity contribution is 0.669. The predicted molar refractivity (Wildman–Crippen MR) is 228 cm³/mol. The molecule has 6 nitrogen and oxygen atoms in total. The molecule has 0 bridgehead atoms. The Morgan fingerprint density at radius 1 is 0.375 bits per heavy atom. The normalized spacial score (nSPS) is 11.6. The van der Waals surface area contributed by atoms with Gasteiger partial charge >= 0.3 is 0 Å². The average Bonchev–Trinajstić information content (AvgIpc) is 3.85. The maximum atomic E-state index is 6.53. The molecule has 262 valence electrons. The molecule has 0 aliphatic rings. The quantitative estimate of drug-likeness (QED) is 0.169. The maximum absolute atomic E-state index is 6.53. The summed E-state index contributed by atoms with van der Waals surface area (Å²) in [5.74, 6) is 2.53. The number of furan rings is 1. The topological polar surface area (TPSA) is 77.6 Å². The molecule has 0 radical (unpaired) electrons. The molecule has 0 atom stereocenters. The average molecular weight is 736 g/mol. The maximum Gasteiger partial charge on any atom is 0.164 e. The first kappa shape index (κ1) is 32.1. The van der Waals surface area contributed by atoms with Crippen molar-refractivity contribution < 1.29 is 4.42 Å². The van der Waals surface area contributed by atoms with E-state index >= 15 is 0 Å². The van der Waals surface area contributed by atoms with Crippen molar-refractivity contribution in [1.82, 2.24) is 24.9 Å². The Kier molecular flexibility index (Phi) is 7.57. The van der Waals surface area contributed by atoms with Crippen LogP contribution in [0.1, 0.15) is 0 Å². The largest absolute Gasteiger partial charge is 0.456 e. The van der Waals surface area contributed by atoms with Gasteiger partial charge in [-0.15, -0.1) is 11.3 Å². The number of hydrogen-bond donors (Lipinski definition) is 0. The number of rotatable bonds is 6. The Labute approximate surface area is 325 Å². The van der Waals surface area contributed by atoms with E-state index < -0.39 is 0 Å². The van der Waals surface area contributed by atoms with Crippen molar-refractivity contribution in [2.45, 2.75) is 0 Å². The van der Waals surface area contributed by atoms with E-state index in [1.807, 2.05) is 84.9 Å². The zero-order chi connectivity index (χ0) is 37.0. The molecule has 4 aromatic heterocycles. The van der Waals surface area contributed by atoms with Crippen molar-refractivity contribution in [3.63, 3.8) is 0 Å². The van der Waals surface area contributed by atoms with E-state index in [2.05, 4.69) is 91.0 Å². The van der Waals surface area contributed by atoms with Gasteiger partial charge in [0.15, 0.2) is 23.3 Å². The van der Waals surface area contributed by atoms with E-state index in [0.717, 1.165) is 82.2 Å². The van der Waals surface area contributed by atoms with Gasteiger partial charge in [0.05, 0.1) is 15.9 Å². The molecular formula is C49H29N5OS. The van der Waals surface area contributed by atoms with Gasteiger partial charge in [0.2, 0.25) is 0 Å². The number of aromatic nitrogens is 5. The van der Waals surface area contributed by atoms with Gasteiger partial charge in [-0.2, -0.15) is 0 Å². The van der Waals surface area contributed by atoms with E-state index in [4.69, 9.17) is 29.3 Å². The van der Waals surface area contributed by atoms with Gasteiger partial charge in [-0.1, -0.05) is 152 Å². The highest BCUT2D eigenvalue weighted by Gasteiger charge is 2.19. The smallest absolute Gasteiger partial charge is 0.164 e. The summed E-state index contributed by atoms with van der Waals surface area (Å²) in [6.45, 7) is 0. The molecule has 0 aliphatic heterocycles. The van der Waals surface area contributed by atoms with Crippen LogP contribution in [0.3, 0.4) is 0 Å². The lowest BCUT2D eigenvalue weighted by Crippen LogP contribution is -2.00. The third-order valence-corrected chi connectivity index (χ3v) is 11.3. The molecule has 7 heteroatoms. The van der Waals surface area contributed by atoms with E-state index in [1.54, 1.807) is 11.3 Å². The Morgan fingerprint density at radius 2 is 0.929 bits per heavy atom. The van der Waals surface area contributed by atoms with Crippen LogP contribution in [0.5, 0.6) is 0 Å². The van der Waals surface area contributed by atoms with Crippen molar-refractivity contribution in [2.75, 3.05) is 0 Å². The van der Waals surface area contributed by atoms with Gasteiger partial charge in [-0.3, -0.25) is 0 Å². The Bertz CT molecular complexity index is 3180. The summed E-state index contributed by atoms with van der Waals surface area (Å²) in [7, 11) is 0. The van der Waals surface area contributed by atoms with Crippen molar-refractivity contribution in [1.29, 1.82) is 0 Å². The molecule has 0 saturated heterocycles. The molecule has 0 N–H and O–H groups in total. The summed E-state index contributed by atoms with van der Waals surface area (Å²) in [6.07, 6.45) is 0. The fourth-order valence-electron chi connectivity index (χ4n) is 7.45. The van der Waals surface area contributed by atoms with Crippen LogP contribution in [0.2, 0.25) is 0 Å². The molecular weight excluding hydrogens is 707 g/mol. The van der Waals surface area contributed by atoms with Crippen LogP contribution in [0.25, 0.3) is 110 Å². The minimum atomic E-state index is 0.585. The van der Waals surface area contributed by atoms with Gasteiger partial charge in [0.25, 0.3) is 0 Å². The predicted octanol–water partition coefficient (Wildman–Crippen LogP) is 12.9.